The summed E-state index contributed by atoms with van der Waals surface area (Å²) in [4.78, 5) is 8.29. The van der Waals surface area contributed by atoms with E-state index in [1.807, 2.05) is 6.92 Å². The number of rotatable bonds is 5. The molecule has 0 aromatic carbocycles. The minimum Gasteiger partial charge on any atom is -0.370 e. The first-order chi connectivity index (χ1) is 9.75. The van der Waals surface area contributed by atoms with Crippen molar-refractivity contribution in [2.75, 3.05) is 11.9 Å². The minimum absolute atomic E-state index is 0.490. The molecule has 1 saturated carbocycles. The maximum atomic E-state index is 6.13. The van der Waals surface area contributed by atoms with Gasteiger partial charge in [-0.2, -0.15) is 19.6 Å². The third kappa shape index (κ3) is 2.73. The smallest absolute Gasteiger partial charge is 0.255 e. The molecule has 5 nitrogen and oxygen atoms in total. The molecule has 108 valence electrons. The molecule has 0 unspecified atom stereocenters. The van der Waals surface area contributed by atoms with Crippen LogP contribution < -0.4 is 5.32 Å². The number of nitrogens with zero attached hydrogens (tertiary/aromatic N) is 4. The normalized spacial score (nSPS) is 16.1. The van der Waals surface area contributed by atoms with Crippen molar-refractivity contribution in [2.45, 2.75) is 45.4 Å². The van der Waals surface area contributed by atoms with Gasteiger partial charge in [0.2, 0.25) is 0 Å². The molecule has 1 fully saturated rings. The Hall–Kier alpha value is -1.36. The predicted molar refractivity (Wildman–Crippen MR) is 80.2 cm³/mol. The topological polar surface area (TPSA) is 55.1 Å². The number of hydrogen-bond donors (Lipinski definition) is 1. The Morgan fingerprint density at radius 2 is 2.20 bits per heavy atom. The van der Waals surface area contributed by atoms with Gasteiger partial charge in [-0.1, -0.05) is 37.3 Å². The molecule has 0 spiro atoms. The summed E-state index contributed by atoms with van der Waals surface area (Å²) in [5.74, 6) is 2.38. The number of hydrogen-bond acceptors (Lipinski definition) is 4. The summed E-state index contributed by atoms with van der Waals surface area (Å²) in [5, 5.41) is 8.13. The number of anilines is 1. The van der Waals surface area contributed by atoms with Crippen molar-refractivity contribution in [1.82, 2.24) is 19.6 Å². The fraction of sp³-hybridized carbons (Fsp3) is 0.643. The molecule has 0 aliphatic heterocycles. The fourth-order valence-electron chi connectivity index (χ4n) is 3.00. The quantitative estimate of drug-likeness (QED) is 0.677. The van der Waals surface area contributed by atoms with Gasteiger partial charge in [0, 0.05) is 12.1 Å². The molecule has 0 atom stereocenters. The highest BCUT2D eigenvalue weighted by Crippen LogP contribution is 2.28. The summed E-state index contributed by atoms with van der Waals surface area (Å²) in [6.07, 6.45) is 9.64. The van der Waals surface area contributed by atoms with Crippen molar-refractivity contribution in [2.24, 2.45) is 5.92 Å². The lowest BCUT2D eigenvalue weighted by molar-refractivity contribution is 0.491. The van der Waals surface area contributed by atoms with Crippen LogP contribution in [0.1, 0.15) is 44.1 Å². The maximum Gasteiger partial charge on any atom is 0.255 e. The summed E-state index contributed by atoms with van der Waals surface area (Å²) in [6, 6.07) is 0. The summed E-state index contributed by atoms with van der Waals surface area (Å²) in [7, 11) is 0. The van der Waals surface area contributed by atoms with Gasteiger partial charge in [-0.25, -0.2) is 0 Å². The molecule has 20 heavy (non-hydrogen) atoms. The molecule has 2 aromatic rings. The van der Waals surface area contributed by atoms with Gasteiger partial charge in [-0.3, -0.25) is 0 Å². The van der Waals surface area contributed by atoms with Gasteiger partial charge >= 0.3 is 0 Å². The van der Waals surface area contributed by atoms with E-state index in [4.69, 9.17) is 11.6 Å². The van der Waals surface area contributed by atoms with E-state index in [0.29, 0.717) is 10.9 Å². The van der Waals surface area contributed by atoms with Crippen molar-refractivity contribution in [3.63, 3.8) is 0 Å². The Labute approximate surface area is 123 Å². The van der Waals surface area contributed by atoms with Crippen LogP contribution in [0.2, 0.25) is 5.15 Å². The molecular weight excluding hydrogens is 274 g/mol. The van der Waals surface area contributed by atoms with E-state index < -0.39 is 0 Å². The first kappa shape index (κ1) is 13.6. The molecule has 1 aliphatic rings. The SMILES string of the molecule is Cc1c(Cl)nc2ncnn2c1NCCCC1CCCC1. The van der Waals surface area contributed by atoms with Crippen molar-refractivity contribution in [3.05, 3.63) is 17.0 Å². The van der Waals surface area contributed by atoms with E-state index in [0.717, 1.165) is 23.8 Å². The van der Waals surface area contributed by atoms with Crippen LogP contribution in [0.3, 0.4) is 0 Å². The second-order valence-corrected chi connectivity index (χ2v) is 5.93. The number of halogens is 1. The number of aromatic nitrogens is 4. The molecule has 2 heterocycles. The number of nitrogens with one attached hydrogen (secondary N) is 1. The Bertz CT molecular complexity index is 589. The average Bonchev–Trinajstić information content (AvgIpc) is 3.09. The molecular formula is C14H20ClN5. The lowest BCUT2D eigenvalue weighted by Crippen LogP contribution is -2.11. The van der Waals surface area contributed by atoms with E-state index in [-0.39, 0.29) is 0 Å². The average molecular weight is 294 g/mol. The number of fused-ring (bicyclic) bond motifs is 1. The van der Waals surface area contributed by atoms with Crippen molar-refractivity contribution in [1.29, 1.82) is 0 Å². The Morgan fingerprint density at radius 3 is 3.00 bits per heavy atom. The van der Waals surface area contributed by atoms with Crippen LogP contribution in [0, 0.1) is 12.8 Å². The zero-order valence-corrected chi connectivity index (χ0v) is 12.5. The molecule has 3 rings (SSSR count). The van der Waals surface area contributed by atoms with Gasteiger partial charge in [-0.05, 0) is 25.7 Å². The first-order valence-corrected chi connectivity index (χ1v) is 7.73. The van der Waals surface area contributed by atoms with Crippen LogP contribution in [-0.4, -0.2) is 26.1 Å². The minimum atomic E-state index is 0.490. The van der Waals surface area contributed by atoms with Crippen molar-refractivity contribution >= 4 is 23.2 Å². The highest BCUT2D eigenvalue weighted by Gasteiger charge is 2.15. The van der Waals surface area contributed by atoms with E-state index >= 15 is 0 Å². The second kappa shape index (κ2) is 5.95. The molecule has 1 N–H and O–H groups in total. The van der Waals surface area contributed by atoms with Crippen molar-refractivity contribution in [3.8, 4) is 0 Å². The third-order valence-electron chi connectivity index (χ3n) is 4.16. The van der Waals surface area contributed by atoms with Crippen LogP contribution in [0.15, 0.2) is 6.33 Å². The Balaban J connectivity index is 1.64. The fourth-order valence-corrected chi connectivity index (χ4v) is 3.17. The standard InChI is InChI=1S/C14H20ClN5/c1-10-12(15)19-14-17-9-18-20(14)13(10)16-8-4-7-11-5-2-3-6-11/h9,11,16H,2-8H2,1H3. The second-order valence-electron chi connectivity index (χ2n) is 5.57. The summed E-state index contributed by atoms with van der Waals surface area (Å²) in [6.45, 7) is 2.89. The molecule has 0 saturated heterocycles. The molecule has 0 radical (unpaired) electrons. The zero-order chi connectivity index (χ0) is 13.9. The van der Waals surface area contributed by atoms with Gasteiger partial charge in [0.05, 0.1) is 0 Å². The highest BCUT2D eigenvalue weighted by atomic mass is 35.5. The van der Waals surface area contributed by atoms with Gasteiger partial charge in [0.25, 0.3) is 5.78 Å². The summed E-state index contributed by atoms with van der Waals surface area (Å²) >= 11 is 6.13. The summed E-state index contributed by atoms with van der Waals surface area (Å²) in [5.41, 5.74) is 0.922. The lowest BCUT2D eigenvalue weighted by Gasteiger charge is -2.13. The highest BCUT2D eigenvalue weighted by molar-refractivity contribution is 6.30. The molecule has 0 bridgehead atoms. The Morgan fingerprint density at radius 1 is 1.40 bits per heavy atom. The molecule has 2 aromatic heterocycles. The maximum absolute atomic E-state index is 6.13. The van der Waals surface area contributed by atoms with Gasteiger partial charge < -0.3 is 5.32 Å². The van der Waals surface area contributed by atoms with E-state index in [2.05, 4.69) is 20.4 Å². The molecule has 1 aliphatic carbocycles. The van der Waals surface area contributed by atoms with E-state index in [1.54, 1.807) is 4.52 Å². The van der Waals surface area contributed by atoms with E-state index in [1.165, 1.54) is 44.9 Å². The Kier molecular flexibility index (Phi) is 4.05. The van der Waals surface area contributed by atoms with Crippen LogP contribution >= 0.6 is 11.6 Å². The predicted octanol–water partition coefficient (Wildman–Crippen LogP) is 3.47. The zero-order valence-electron chi connectivity index (χ0n) is 11.8. The van der Waals surface area contributed by atoms with Crippen LogP contribution in [0.4, 0.5) is 5.82 Å². The monoisotopic (exact) mass is 293 g/mol. The lowest BCUT2D eigenvalue weighted by atomic mass is 10.0. The van der Waals surface area contributed by atoms with Crippen LogP contribution in [0.5, 0.6) is 0 Å². The van der Waals surface area contributed by atoms with E-state index in [9.17, 15) is 0 Å². The third-order valence-corrected chi connectivity index (χ3v) is 4.53. The van der Waals surface area contributed by atoms with Gasteiger partial charge in [0.15, 0.2) is 0 Å². The largest absolute Gasteiger partial charge is 0.370 e. The van der Waals surface area contributed by atoms with Crippen LogP contribution in [-0.2, 0) is 0 Å². The van der Waals surface area contributed by atoms with Crippen LogP contribution in [0.25, 0.3) is 5.78 Å². The van der Waals surface area contributed by atoms with Crippen molar-refractivity contribution < 1.29 is 0 Å². The molecule has 6 heteroatoms. The van der Waals surface area contributed by atoms with Gasteiger partial charge in [-0.15, -0.1) is 0 Å². The molecule has 0 amide bonds. The van der Waals surface area contributed by atoms with Gasteiger partial charge in [0.1, 0.15) is 17.3 Å². The summed E-state index contributed by atoms with van der Waals surface area (Å²) < 4.78 is 1.72. The first-order valence-electron chi connectivity index (χ1n) is 7.35.